The first-order valence-corrected chi connectivity index (χ1v) is 8.06. The fourth-order valence-electron chi connectivity index (χ4n) is 3.55. The number of rotatable bonds is 5. The largest absolute Gasteiger partial charge is 0.482 e. The van der Waals surface area contributed by atoms with Gasteiger partial charge in [-0.1, -0.05) is 42.5 Å². The summed E-state index contributed by atoms with van der Waals surface area (Å²) < 4.78 is 12.5. The Labute approximate surface area is 138 Å². The lowest BCUT2D eigenvalue weighted by Gasteiger charge is -2.37. The third kappa shape index (κ3) is 2.99. The van der Waals surface area contributed by atoms with Crippen LogP contribution in [-0.2, 0) is 11.2 Å². The number of benzene rings is 2. The number of methoxy groups -OCH3 is 1. The number of para-hydroxylation sites is 1. The Bertz CT molecular complexity index is 683. The van der Waals surface area contributed by atoms with Crippen LogP contribution in [0.4, 0.5) is 0 Å². The molecule has 0 saturated carbocycles. The first-order valence-electron chi connectivity index (χ1n) is 8.06. The molecule has 3 nitrogen and oxygen atoms in total. The monoisotopic (exact) mass is 311 g/mol. The number of aryl methyl sites for hydroxylation is 1. The van der Waals surface area contributed by atoms with Crippen LogP contribution in [0.2, 0.25) is 0 Å². The minimum absolute atomic E-state index is 0.104. The van der Waals surface area contributed by atoms with Crippen molar-refractivity contribution in [3.8, 4) is 5.75 Å². The molecule has 0 saturated heterocycles. The molecule has 0 fully saturated rings. The van der Waals surface area contributed by atoms with Crippen molar-refractivity contribution in [2.24, 2.45) is 0 Å². The third-order valence-electron chi connectivity index (χ3n) is 4.63. The fourth-order valence-corrected chi connectivity index (χ4v) is 3.55. The Morgan fingerprint density at radius 2 is 1.78 bits per heavy atom. The van der Waals surface area contributed by atoms with Crippen LogP contribution in [0, 0.1) is 6.92 Å². The summed E-state index contributed by atoms with van der Waals surface area (Å²) in [4.78, 5) is 2.17. The topological polar surface area (TPSA) is 21.7 Å². The smallest absolute Gasteiger partial charge is 0.154 e. The lowest BCUT2D eigenvalue weighted by atomic mass is 9.96. The number of hydrogen-bond acceptors (Lipinski definition) is 3. The summed E-state index contributed by atoms with van der Waals surface area (Å²) in [5.41, 5.74) is 3.33. The van der Waals surface area contributed by atoms with Crippen LogP contribution in [-0.4, -0.2) is 38.3 Å². The van der Waals surface area contributed by atoms with Gasteiger partial charge >= 0.3 is 0 Å². The zero-order chi connectivity index (χ0) is 16.4. The molecule has 23 heavy (non-hydrogen) atoms. The Morgan fingerprint density at radius 3 is 2.48 bits per heavy atom. The minimum Gasteiger partial charge on any atom is -0.482 e. The van der Waals surface area contributed by atoms with E-state index in [1.165, 1.54) is 11.1 Å². The molecular formula is C20H25NO2. The maximum Gasteiger partial charge on any atom is 0.154 e. The Kier molecular flexibility index (Phi) is 4.42. The van der Waals surface area contributed by atoms with Gasteiger partial charge in [0, 0.05) is 20.1 Å². The van der Waals surface area contributed by atoms with Gasteiger partial charge in [-0.05, 0) is 43.8 Å². The van der Waals surface area contributed by atoms with E-state index in [0.717, 1.165) is 24.3 Å². The van der Waals surface area contributed by atoms with E-state index in [9.17, 15) is 0 Å². The number of hydrogen-bond donors (Lipinski definition) is 0. The molecule has 2 aromatic rings. The van der Waals surface area contributed by atoms with Crippen molar-refractivity contribution in [3.05, 3.63) is 65.2 Å². The lowest BCUT2D eigenvalue weighted by Crippen LogP contribution is -2.47. The summed E-state index contributed by atoms with van der Waals surface area (Å²) in [7, 11) is 5.95. The van der Waals surface area contributed by atoms with Gasteiger partial charge in [-0.15, -0.1) is 0 Å². The van der Waals surface area contributed by atoms with Gasteiger partial charge in [0.2, 0.25) is 0 Å². The molecule has 3 heteroatoms. The molecule has 0 amide bonds. The summed E-state index contributed by atoms with van der Waals surface area (Å²) in [6.45, 7) is 2.89. The second-order valence-electron chi connectivity index (χ2n) is 6.65. The van der Waals surface area contributed by atoms with Gasteiger partial charge in [-0.25, -0.2) is 0 Å². The van der Waals surface area contributed by atoms with Crippen molar-refractivity contribution in [1.29, 1.82) is 0 Å². The van der Waals surface area contributed by atoms with E-state index in [-0.39, 0.29) is 11.7 Å². The van der Waals surface area contributed by atoms with E-state index < -0.39 is 0 Å². The standard InChI is InChI=1S/C20H25NO2/c1-15-9-5-8-12-18(15)23-19-17-11-7-6-10-16(17)13-20(19,22-4)14-21(2)3/h5-12,19H,13-14H2,1-4H3/t19-,20+/m1/s1. The van der Waals surface area contributed by atoms with Gasteiger partial charge < -0.3 is 14.4 Å². The van der Waals surface area contributed by atoms with Crippen LogP contribution >= 0.6 is 0 Å². The molecule has 0 aliphatic heterocycles. The Hall–Kier alpha value is -1.84. The highest BCUT2D eigenvalue weighted by molar-refractivity contribution is 5.41. The summed E-state index contributed by atoms with van der Waals surface area (Å²) in [5.74, 6) is 0.925. The zero-order valence-corrected chi connectivity index (χ0v) is 14.4. The predicted molar refractivity (Wildman–Crippen MR) is 93.0 cm³/mol. The van der Waals surface area contributed by atoms with Crippen molar-refractivity contribution >= 4 is 0 Å². The molecule has 2 aromatic carbocycles. The van der Waals surface area contributed by atoms with Crippen LogP contribution in [0.1, 0.15) is 22.8 Å². The van der Waals surface area contributed by atoms with Gasteiger partial charge in [-0.3, -0.25) is 0 Å². The molecule has 1 aliphatic carbocycles. The quantitative estimate of drug-likeness (QED) is 0.842. The highest BCUT2D eigenvalue weighted by Gasteiger charge is 2.48. The summed E-state index contributed by atoms with van der Waals surface area (Å²) in [6, 6.07) is 16.7. The van der Waals surface area contributed by atoms with Crippen LogP contribution in [0.3, 0.4) is 0 Å². The van der Waals surface area contributed by atoms with E-state index in [2.05, 4.69) is 56.3 Å². The van der Waals surface area contributed by atoms with Crippen molar-refractivity contribution in [3.63, 3.8) is 0 Å². The maximum atomic E-state index is 6.49. The van der Waals surface area contributed by atoms with E-state index >= 15 is 0 Å². The average molecular weight is 311 g/mol. The van der Waals surface area contributed by atoms with Gasteiger partial charge in [0.1, 0.15) is 11.4 Å². The third-order valence-corrected chi connectivity index (χ3v) is 4.63. The van der Waals surface area contributed by atoms with E-state index in [1.807, 2.05) is 18.2 Å². The fraction of sp³-hybridized carbons (Fsp3) is 0.400. The second kappa shape index (κ2) is 6.34. The van der Waals surface area contributed by atoms with E-state index in [0.29, 0.717) is 0 Å². The molecule has 122 valence electrons. The van der Waals surface area contributed by atoms with Crippen molar-refractivity contribution in [2.45, 2.75) is 25.0 Å². The summed E-state index contributed by atoms with van der Waals surface area (Å²) in [6.07, 6.45) is 0.765. The molecule has 0 bridgehead atoms. The Morgan fingerprint density at radius 1 is 1.09 bits per heavy atom. The summed E-state index contributed by atoms with van der Waals surface area (Å²) >= 11 is 0. The molecule has 0 heterocycles. The van der Waals surface area contributed by atoms with Crippen molar-refractivity contribution < 1.29 is 9.47 Å². The molecule has 3 rings (SSSR count). The number of nitrogens with zero attached hydrogens (tertiary/aromatic N) is 1. The average Bonchev–Trinajstić information content (AvgIpc) is 2.83. The van der Waals surface area contributed by atoms with E-state index in [4.69, 9.17) is 9.47 Å². The second-order valence-corrected chi connectivity index (χ2v) is 6.65. The normalized spacial score (nSPS) is 23.1. The highest BCUT2D eigenvalue weighted by Crippen LogP contribution is 2.44. The lowest BCUT2D eigenvalue weighted by molar-refractivity contribution is -0.0943. The molecular weight excluding hydrogens is 286 g/mol. The van der Waals surface area contributed by atoms with Crippen LogP contribution in [0.25, 0.3) is 0 Å². The molecule has 0 aromatic heterocycles. The van der Waals surface area contributed by atoms with E-state index in [1.54, 1.807) is 7.11 Å². The van der Waals surface area contributed by atoms with Gasteiger partial charge in [0.05, 0.1) is 0 Å². The Balaban J connectivity index is 2.02. The van der Waals surface area contributed by atoms with Crippen LogP contribution in [0.5, 0.6) is 5.75 Å². The van der Waals surface area contributed by atoms with Gasteiger partial charge in [-0.2, -0.15) is 0 Å². The number of likely N-dealkylation sites (N-methyl/N-ethyl adjacent to an activating group) is 1. The molecule has 0 radical (unpaired) electrons. The summed E-state index contributed by atoms with van der Waals surface area (Å²) in [5, 5.41) is 0. The van der Waals surface area contributed by atoms with Crippen molar-refractivity contribution in [1.82, 2.24) is 4.90 Å². The number of fused-ring (bicyclic) bond motifs is 1. The maximum absolute atomic E-state index is 6.49. The first kappa shape index (κ1) is 16.0. The van der Waals surface area contributed by atoms with Crippen LogP contribution in [0.15, 0.2) is 48.5 Å². The number of ether oxygens (including phenoxy) is 2. The van der Waals surface area contributed by atoms with Gasteiger partial charge in [0.25, 0.3) is 0 Å². The molecule has 0 N–H and O–H groups in total. The van der Waals surface area contributed by atoms with Crippen molar-refractivity contribution in [2.75, 3.05) is 27.7 Å². The zero-order valence-electron chi connectivity index (χ0n) is 14.4. The first-order chi connectivity index (χ1) is 11.1. The SMILES string of the molecule is CO[C@]1(CN(C)C)Cc2ccccc2[C@H]1Oc1ccccc1C. The molecule has 2 atom stereocenters. The molecule has 0 spiro atoms. The van der Waals surface area contributed by atoms with Gasteiger partial charge in [0.15, 0.2) is 6.10 Å². The minimum atomic E-state index is -0.366. The molecule has 1 aliphatic rings. The predicted octanol–water partition coefficient (Wildman–Crippen LogP) is 3.62. The molecule has 0 unspecified atom stereocenters. The van der Waals surface area contributed by atoms with Crippen LogP contribution < -0.4 is 4.74 Å². The highest BCUT2D eigenvalue weighted by atomic mass is 16.5.